The third-order valence-corrected chi connectivity index (χ3v) is 2.84. The van der Waals surface area contributed by atoms with Gasteiger partial charge in [0.05, 0.1) is 17.2 Å². The average Bonchev–Trinajstić information content (AvgIpc) is 2.72. The summed E-state index contributed by atoms with van der Waals surface area (Å²) in [7, 11) is 0. The third-order valence-electron chi connectivity index (χ3n) is 2.43. The first-order valence-corrected chi connectivity index (χ1v) is 6.48. The summed E-state index contributed by atoms with van der Waals surface area (Å²) >= 11 is 3.31. The Bertz CT molecular complexity index is 513. The third kappa shape index (κ3) is 3.85. The zero-order valence-electron chi connectivity index (χ0n) is 10.1. The van der Waals surface area contributed by atoms with E-state index in [2.05, 4.69) is 21.0 Å². The molecule has 96 valence electrons. The van der Waals surface area contributed by atoms with Crippen LogP contribution in [0.4, 0.5) is 0 Å². The van der Waals surface area contributed by atoms with Gasteiger partial charge in [0.2, 0.25) is 0 Å². The Morgan fingerprint density at radius 1 is 1.50 bits per heavy atom. The molecule has 1 aromatic heterocycles. The van der Waals surface area contributed by atoms with Crippen molar-refractivity contribution >= 4 is 15.9 Å². The van der Waals surface area contributed by atoms with Crippen molar-refractivity contribution in [1.82, 2.24) is 9.78 Å². The van der Waals surface area contributed by atoms with Crippen molar-refractivity contribution in [1.29, 1.82) is 0 Å². The quantitative estimate of drug-likeness (QED) is 0.922. The molecule has 0 aliphatic heterocycles. The fourth-order valence-electron chi connectivity index (χ4n) is 1.60. The molecule has 0 aliphatic carbocycles. The normalized spacial score (nSPS) is 12.4. The Hall–Kier alpha value is -1.33. The van der Waals surface area contributed by atoms with Gasteiger partial charge in [-0.1, -0.05) is 12.1 Å². The lowest BCUT2D eigenvalue weighted by Gasteiger charge is -2.12. The van der Waals surface area contributed by atoms with Crippen LogP contribution in [0.25, 0.3) is 0 Å². The SMILES string of the molecule is Cc1cccc(OC[C@H](O)Cn2cc(Br)cn2)c1. The van der Waals surface area contributed by atoms with E-state index in [0.29, 0.717) is 6.54 Å². The van der Waals surface area contributed by atoms with Gasteiger partial charge in [-0.15, -0.1) is 0 Å². The molecule has 4 nitrogen and oxygen atoms in total. The number of benzene rings is 1. The summed E-state index contributed by atoms with van der Waals surface area (Å²) in [5.74, 6) is 0.774. The highest BCUT2D eigenvalue weighted by atomic mass is 79.9. The summed E-state index contributed by atoms with van der Waals surface area (Å²) in [4.78, 5) is 0. The molecule has 2 aromatic rings. The predicted molar refractivity (Wildman–Crippen MR) is 72.6 cm³/mol. The van der Waals surface area contributed by atoms with Gasteiger partial charge in [0, 0.05) is 6.20 Å². The molecule has 0 amide bonds. The van der Waals surface area contributed by atoms with Crippen molar-refractivity contribution in [2.75, 3.05) is 6.61 Å². The molecule has 0 saturated carbocycles. The Kier molecular flexibility index (Phi) is 4.38. The molecular formula is C13H15BrN2O2. The van der Waals surface area contributed by atoms with Crippen LogP contribution in [0.1, 0.15) is 5.56 Å². The zero-order chi connectivity index (χ0) is 13.0. The second kappa shape index (κ2) is 6.02. The summed E-state index contributed by atoms with van der Waals surface area (Å²) in [5, 5.41) is 13.9. The Labute approximate surface area is 114 Å². The predicted octanol–water partition coefficient (Wildman–Crippen LogP) is 2.39. The van der Waals surface area contributed by atoms with Crippen LogP contribution in [-0.4, -0.2) is 27.6 Å². The maximum absolute atomic E-state index is 9.84. The summed E-state index contributed by atoms with van der Waals surface area (Å²) in [6.45, 7) is 2.67. The van der Waals surface area contributed by atoms with Crippen molar-refractivity contribution in [2.45, 2.75) is 19.6 Å². The monoisotopic (exact) mass is 310 g/mol. The molecule has 0 spiro atoms. The molecule has 0 radical (unpaired) electrons. The minimum absolute atomic E-state index is 0.251. The van der Waals surface area contributed by atoms with E-state index < -0.39 is 6.10 Å². The van der Waals surface area contributed by atoms with Gasteiger partial charge in [0.1, 0.15) is 18.5 Å². The van der Waals surface area contributed by atoms with Gasteiger partial charge in [0.15, 0.2) is 0 Å². The van der Waals surface area contributed by atoms with Gasteiger partial charge in [0.25, 0.3) is 0 Å². The number of aromatic nitrogens is 2. The summed E-state index contributed by atoms with van der Waals surface area (Å²) in [5.41, 5.74) is 1.14. The Morgan fingerprint density at radius 3 is 3.00 bits per heavy atom. The lowest BCUT2D eigenvalue weighted by atomic mass is 10.2. The molecule has 0 saturated heterocycles. The number of halogens is 1. The van der Waals surface area contributed by atoms with Crippen molar-refractivity contribution in [3.8, 4) is 5.75 Å². The number of hydrogen-bond donors (Lipinski definition) is 1. The van der Waals surface area contributed by atoms with Crippen LogP contribution in [0.2, 0.25) is 0 Å². The summed E-state index contributed by atoms with van der Waals surface area (Å²) in [6.07, 6.45) is 2.92. The van der Waals surface area contributed by atoms with Gasteiger partial charge in [-0.3, -0.25) is 4.68 Å². The minimum Gasteiger partial charge on any atom is -0.491 e. The highest BCUT2D eigenvalue weighted by Gasteiger charge is 2.07. The number of aliphatic hydroxyl groups excluding tert-OH is 1. The average molecular weight is 311 g/mol. The smallest absolute Gasteiger partial charge is 0.119 e. The fraction of sp³-hybridized carbons (Fsp3) is 0.308. The molecule has 5 heteroatoms. The van der Waals surface area contributed by atoms with Crippen LogP contribution in [0.15, 0.2) is 41.1 Å². The van der Waals surface area contributed by atoms with Crippen molar-refractivity contribution in [3.63, 3.8) is 0 Å². The number of nitrogens with zero attached hydrogens (tertiary/aromatic N) is 2. The van der Waals surface area contributed by atoms with E-state index >= 15 is 0 Å². The molecule has 2 rings (SSSR count). The minimum atomic E-state index is -0.586. The van der Waals surface area contributed by atoms with E-state index in [0.717, 1.165) is 15.8 Å². The van der Waals surface area contributed by atoms with E-state index in [1.807, 2.05) is 37.4 Å². The first-order chi connectivity index (χ1) is 8.63. The molecule has 1 heterocycles. The topological polar surface area (TPSA) is 47.3 Å². The first kappa shape index (κ1) is 13.1. The van der Waals surface area contributed by atoms with Gasteiger partial charge >= 0.3 is 0 Å². The maximum Gasteiger partial charge on any atom is 0.119 e. The fourth-order valence-corrected chi connectivity index (χ4v) is 1.93. The zero-order valence-corrected chi connectivity index (χ0v) is 11.7. The van der Waals surface area contributed by atoms with Crippen molar-refractivity contribution < 1.29 is 9.84 Å². The highest BCUT2D eigenvalue weighted by Crippen LogP contribution is 2.13. The lowest BCUT2D eigenvalue weighted by molar-refractivity contribution is 0.0893. The number of ether oxygens (including phenoxy) is 1. The van der Waals surface area contributed by atoms with E-state index in [1.54, 1.807) is 10.9 Å². The molecule has 18 heavy (non-hydrogen) atoms. The number of hydrogen-bond acceptors (Lipinski definition) is 3. The molecule has 0 unspecified atom stereocenters. The second-order valence-corrected chi connectivity index (χ2v) is 5.08. The van der Waals surface area contributed by atoms with Crippen LogP contribution in [0.5, 0.6) is 5.75 Å². The molecule has 1 atom stereocenters. The largest absolute Gasteiger partial charge is 0.491 e. The van der Waals surface area contributed by atoms with Crippen LogP contribution < -0.4 is 4.74 Å². The van der Waals surface area contributed by atoms with E-state index in [4.69, 9.17) is 4.74 Å². The van der Waals surface area contributed by atoms with E-state index in [-0.39, 0.29) is 6.61 Å². The number of rotatable bonds is 5. The summed E-state index contributed by atoms with van der Waals surface area (Å²) in [6, 6.07) is 7.76. The van der Waals surface area contributed by atoms with Gasteiger partial charge < -0.3 is 9.84 Å². The molecular weight excluding hydrogens is 296 g/mol. The van der Waals surface area contributed by atoms with Crippen LogP contribution in [-0.2, 0) is 6.54 Å². The highest BCUT2D eigenvalue weighted by molar-refractivity contribution is 9.10. The van der Waals surface area contributed by atoms with Gasteiger partial charge in [-0.05, 0) is 40.5 Å². The van der Waals surface area contributed by atoms with Gasteiger partial charge in [-0.25, -0.2) is 0 Å². The lowest BCUT2D eigenvalue weighted by Crippen LogP contribution is -2.23. The molecule has 0 fully saturated rings. The van der Waals surface area contributed by atoms with Crippen LogP contribution in [0.3, 0.4) is 0 Å². The molecule has 1 aromatic carbocycles. The maximum atomic E-state index is 9.84. The van der Waals surface area contributed by atoms with Crippen molar-refractivity contribution in [2.24, 2.45) is 0 Å². The molecule has 0 bridgehead atoms. The molecule has 1 N–H and O–H groups in total. The number of aliphatic hydroxyl groups is 1. The standard InChI is InChI=1S/C13H15BrN2O2/c1-10-3-2-4-13(5-10)18-9-12(17)8-16-7-11(14)6-15-16/h2-7,12,17H,8-9H2,1H3/t12-/m1/s1. The molecule has 0 aliphatic rings. The van der Waals surface area contributed by atoms with E-state index in [1.165, 1.54) is 0 Å². The first-order valence-electron chi connectivity index (χ1n) is 5.69. The van der Waals surface area contributed by atoms with Crippen molar-refractivity contribution in [3.05, 3.63) is 46.7 Å². The van der Waals surface area contributed by atoms with Crippen LogP contribution >= 0.6 is 15.9 Å². The van der Waals surface area contributed by atoms with Gasteiger partial charge in [-0.2, -0.15) is 5.10 Å². The Balaban J connectivity index is 1.83. The Morgan fingerprint density at radius 2 is 2.33 bits per heavy atom. The second-order valence-electron chi connectivity index (χ2n) is 4.16. The summed E-state index contributed by atoms with van der Waals surface area (Å²) < 4.78 is 8.10. The van der Waals surface area contributed by atoms with E-state index in [9.17, 15) is 5.11 Å². The number of aryl methyl sites for hydroxylation is 1. The van der Waals surface area contributed by atoms with Crippen LogP contribution in [0, 0.1) is 6.92 Å².